The zero-order chi connectivity index (χ0) is 12.9. The van der Waals surface area contributed by atoms with Gasteiger partial charge in [0.1, 0.15) is 5.60 Å². The summed E-state index contributed by atoms with van der Waals surface area (Å²) in [5.41, 5.74) is 10.3. The quantitative estimate of drug-likeness (QED) is 0.777. The average molecular weight is 242 g/mol. The standard InChI is InChI=1S/C13H26N2O2/c1-13(2,17-12(15)16)8-7-10-3-5-11(9-14)6-4-10/h10-11H,3-9,14H2,1-2H3,(H2,15,16). The van der Waals surface area contributed by atoms with Gasteiger partial charge in [-0.1, -0.05) is 12.8 Å². The zero-order valence-electron chi connectivity index (χ0n) is 11.1. The molecule has 0 atom stereocenters. The largest absolute Gasteiger partial charge is 0.444 e. The van der Waals surface area contributed by atoms with Gasteiger partial charge in [0.15, 0.2) is 0 Å². The summed E-state index contributed by atoms with van der Waals surface area (Å²) in [5, 5.41) is 0. The van der Waals surface area contributed by atoms with Crippen molar-refractivity contribution >= 4 is 6.09 Å². The molecule has 4 nitrogen and oxygen atoms in total. The lowest BCUT2D eigenvalue weighted by Gasteiger charge is -2.30. The molecular formula is C13H26N2O2. The van der Waals surface area contributed by atoms with E-state index in [4.69, 9.17) is 16.2 Å². The summed E-state index contributed by atoms with van der Waals surface area (Å²) < 4.78 is 5.09. The third kappa shape index (κ3) is 5.39. The first-order valence-corrected chi connectivity index (χ1v) is 6.61. The molecule has 0 radical (unpaired) electrons. The number of carbonyl (C=O) groups is 1. The Morgan fingerprint density at radius 3 is 2.24 bits per heavy atom. The number of hydrogen-bond donors (Lipinski definition) is 2. The Balaban J connectivity index is 2.25. The predicted molar refractivity (Wildman–Crippen MR) is 68.5 cm³/mol. The maximum Gasteiger partial charge on any atom is 0.405 e. The van der Waals surface area contributed by atoms with Crippen LogP contribution in [0.4, 0.5) is 4.79 Å². The van der Waals surface area contributed by atoms with E-state index in [1.807, 2.05) is 13.8 Å². The van der Waals surface area contributed by atoms with Gasteiger partial charge in [-0.05, 0) is 57.9 Å². The summed E-state index contributed by atoms with van der Waals surface area (Å²) in [7, 11) is 0. The highest BCUT2D eigenvalue weighted by Gasteiger charge is 2.25. The Bertz CT molecular complexity index is 246. The summed E-state index contributed by atoms with van der Waals surface area (Å²) in [4.78, 5) is 10.7. The van der Waals surface area contributed by atoms with E-state index in [1.165, 1.54) is 25.7 Å². The molecule has 0 bridgehead atoms. The van der Waals surface area contributed by atoms with Crippen LogP contribution in [0.25, 0.3) is 0 Å². The predicted octanol–water partition coefficient (Wildman–Crippen LogP) is 2.41. The minimum Gasteiger partial charge on any atom is -0.444 e. The lowest BCUT2D eigenvalue weighted by molar-refractivity contribution is 0.0323. The Labute approximate surface area is 104 Å². The fraction of sp³-hybridized carbons (Fsp3) is 0.923. The monoisotopic (exact) mass is 242 g/mol. The van der Waals surface area contributed by atoms with Crippen LogP contribution in [-0.4, -0.2) is 18.2 Å². The summed E-state index contributed by atoms with van der Waals surface area (Å²) in [6.07, 6.45) is 6.33. The number of rotatable bonds is 5. The third-order valence-electron chi connectivity index (χ3n) is 3.83. The molecule has 0 aromatic rings. The van der Waals surface area contributed by atoms with E-state index in [0.717, 1.165) is 31.2 Å². The number of carbonyl (C=O) groups excluding carboxylic acids is 1. The Morgan fingerprint density at radius 2 is 1.76 bits per heavy atom. The fourth-order valence-electron chi connectivity index (χ4n) is 2.63. The third-order valence-corrected chi connectivity index (χ3v) is 3.83. The lowest BCUT2D eigenvalue weighted by Crippen LogP contribution is -2.32. The molecule has 1 aliphatic rings. The molecule has 4 heteroatoms. The first kappa shape index (κ1) is 14.3. The second-order valence-corrected chi connectivity index (χ2v) is 5.84. The van der Waals surface area contributed by atoms with Crippen LogP contribution in [0.5, 0.6) is 0 Å². The van der Waals surface area contributed by atoms with Gasteiger partial charge >= 0.3 is 6.09 Å². The molecule has 0 heterocycles. The number of amides is 1. The van der Waals surface area contributed by atoms with Crippen LogP contribution in [0.2, 0.25) is 0 Å². The molecule has 0 aliphatic heterocycles. The van der Waals surface area contributed by atoms with Crippen LogP contribution in [0.3, 0.4) is 0 Å². The van der Waals surface area contributed by atoms with E-state index < -0.39 is 11.7 Å². The molecule has 1 fully saturated rings. The van der Waals surface area contributed by atoms with Gasteiger partial charge in [-0.3, -0.25) is 0 Å². The maximum atomic E-state index is 10.7. The van der Waals surface area contributed by atoms with Crippen molar-refractivity contribution in [1.29, 1.82) is 0 Å². The molecule has 0 aromatic carbocycles. The minimum absolute atomic E-state index is 0.434. The van der Waals surface area contributed by atoms with E-state index in [2.05, 4.69) is 0 Å². The highest BCUT2D eigenvalue weighted by Crippen LogP contribution is 2.33. The van der Waals surface area contributed by atoms with Gasteiger partial charge in [-0.15, -0.1) is 0 Å². The van der Waals surface area contributed by atoms with Crippen molar-refractivity contribution in [2.75, 3.05) is 6.54 Å². The van der Waals surface area contributed by atoms with Crippen molar-refractivity contribution in [2.45, 2.75) is 58.0 Å². The zero-order valence-corrected chi connectivity index (χ0v) is 11.1. The van der Waals surface area contributed by atoms with E-state index in [1.54, 1.807) is 0 Å². The lowest BCUT2D eigenvalue weighted by atomic mass is 9.79. The van der Waals surface area contributed by atoms with E-state index >= 15 is 0 Å². The highest BCUT2D eigenvalue weighted by atomic mass is 16.6. The second kappa shape index (κ2) is 6.24. The first-order chi connectivity index (χ1) is 7.93. The van der Waals surface area contributed by atoms with E-state index in [0.29, 0.717) is 0 Å². The SMILES string of the molecule is CC(C)(CCC1CCC(CN)CC1)OC(N)=O. The van der Waals surface area contributed by atoms with E-state index in [9.17, 15) is 4.79 Å². The number of ether oxygens (including phenoxy) is 1. The maximum absolute atomic E-state index is 10.7. The molecule has 100 valence electrons. The summed E-state index contributed by atoms with van der Waals surface area (Å²) in [5.74, 6) is 1.48. The summed E-state index contributed by atoms with van der Waals surface area (Å²) >= 11 is 0. The molecule has 0 saturated heterocycles. The molecule has 1 amide bonds. The Kier molecular flexibility index (Phi) is 5.25. The second-order valence-electron chi connectivity index (χ2n) is 5.84. The fourth-order valence-corrected chi connectivity index (χ4v) is 2.63. The minimum atomic E-state index is -0.679. The molecule has 0 spiro atoms. The molecule has 17 heavy (non-hydrogen) atoms. The van der Waals surface area contributed by atoms with Crippen LogP contribution in [0.1, 0.15) is 52.4 Å². The van der Waals surface area contributed by atoms with Gasteiger partial charge in [-0.25, -0.2) is 4.79 Å². The van der Waals surface area contributed by atoms with Crippen LogP contribution < -0.4 is 11.5 Å². The summed E-state index contributed by atoms with van der Waals surface area (Å²) in [6, 6.07) is 0. The van der Waals surface area contributed by atoms with Crippen LogP contribution in [0, 0.1) is 11.8 Å². The van der Waals surface area contributed by atoms with Crippen LogP contribution in [0.15, 0.2) is 0 Å². The smallest absolute Gasteiger partial charge is 0.405 e. The normalized spacial score (nSPS) is 25.6. The van der Waals surface area contributed by atoms with Crippen molar-refractivity contribution < 1.29 is 9.53 Å². The van der Waals surface area contributed by atoms with Gasteiger partial charge in [0.05, 0.1) is 0 Å². The van der Waals surface area contributed by atoms with Gasteiger partial charge < -0.3 is 16.2 Å². The Hall–Kier alpha value is -0.770. The molecule has 0 aromatic heterocycles. The van der Waals surface area contributed by atoms with Crippen molar-refractivity contribution in [1.82, 2.24) is 0 Å². The molecule has 0 unspecified atom stereocenters. The molecule has 1 saturated carbocycles. The van der Waals surface area contributed by atoms with Crippen molar-refractivity contribution in [2.24, 2.45) is 23.3 Å². The van der Waals surface area contributed by atoms with Crippen molar-refractivity contribution in [3.05, 3.63) is 0 Å². The number of primary amides is 1. The summed E-state index contributed by atoms with van der Waals surface area (Å²) in [6.45, 7) is 4.66. The molecular weight excluding hydrogens is 216 g/mol. The first-order valence-electron chi connectivity index (χ1n) is 6.61. The van der Waals surface area contributed by atoms with Crippen molar-refractivity contribution in [3.63, 3.8) is 0 Å². The van der Waals surface area contributed by atoms with Gasteiger partial charge in [0.2, 0.25) is 0 Å². The molecule has 1 aliphatic carbocycles. The number of nitrogens with two attached hydrogens (primary N) is 2. The highest BCUT2D eigenvalue weighted by molar-refractivity contribution is 5.65. The van der Waals surface area contributed by atoms with Gasteiger partial charge in [0.25, 0.3) is 0 Å². The van der Waals surface area contributed by atoms with Crippen molar-refractivity contribution in [3.8, 4) is 0 Å². The molecule has 1 rings (SSSR count). The topological polar surface area (TPSA) is 78.3 Å². The van der Waals surface area contributed by atoms with Gasteiger partial charge in [-0.2, -0.15) is 0 Å². The van der Waals surface area contributed by atoms with Crippen LogP contribution >= 0.6 is 0 Å². The van der Waals surface area contributed by atoms with Gasteiger partial charge in [0, 0.05) is 0 Å². The Morgan fingerprint density at radius 1 is 1.24 bits per heavy atom. The molecule has 4 N–H and O–H groups in total. The average Bonchev–Trinajstić information content (AvgIpc) is 2.25. The van der Waals surface area contributed by atoms with E-state index in [-0.39, 0.29) is 0 Å². The number of hydrogen-bond acceptors (Lipinski definition) is 3. The van der Waals surface area contributed by atoms with Crippen LogP contribution in [-0.2, 0) is 4.74 Å².